The van der Waals surface area contributed by atoms with Crippen LogP contribution in [0.4, 0.5) is 0 Å². The minimum absolute atomic E-state index is 0. The zero-order valence-corrected chi connectivity index (χ0v) is 8.99. The third kappa shape index (κ3) is 3.07. The van der Waals surface area contributed by atoms with E-state index < -0.39 is 12.4 Å². The molecule has 0 aromatic rings. The van der Waals surface area contributed by atoms with Crippen molar-refractivity contribution in [3.63, 3.8) is 0 Å². The highest BCUT2D eigenvalue weighted by Crippen LogP contribution is 2.21. The van der Waals surface area contributed by atoms with Crippen LogP contribution in [0.2, 0.25) is 0 Å². The standard InChI is InChI=1S/C8H17NO3.ClH/c1-5-4-6(9(2)3)7(10)8(11)12-5;/h5-8,10-11H,4H2,1-3H3;1H. The van der Waals surface area contributed by atoms with Gasteiger partial charge in [0.15, 0.2) is 6.29 Å². The molecule has 80 valence electrons. The highest BCUT2D eigenvalue weighted by molar-refractivity contribution is 5.85. The van der Waals surface area contributed by atoms with Crippen molar-refractivity contribution < 1.29 is 14.9 Å². The van der Waals surface area contributed by atoms with Crippen LogP contribution in [-0.4, -0.2) is 53.7 Å². The Kier molecular flexibility index (Phi) is 5.17. The van der Waals surface area contributed by atoms with Gasteiger partial charge in [0, 0.05) is 6.04 Å². The lowest BCUT2D eigenvalue weighted by atomic mass is 9.99. The van der Waals surface area contributed by atoms with E-state index in [2.05, 4.69) is 0 Å². The Morgan fingerprint density at radius 1 is 1.31 bits per heavy atom. The van der Waals surface area contributed by atoms with E-state index >= 15 is 0 Å². The van der Waals surface area contributed by atoms with Gasteiger partial charge >= 0.3 is 0 Å². The molecule has 1 aliphatic heterocycles. The SMILES string of the molecule is CC1CC(N(C)C)C(O)C(O)O1.Cl. The molecule has 2 N–H and O–H groups in total. The lowest BCUT2D eigenvalue weighted by molar-refractivity contribution is -0.230. The number of ether oxygens (including phenoxy) is 1. The summed E-state index contributed by atoms with van der Waals surface area (Å²) < 4.78 is 5.06. The molecular formula is C8H18ClNO3. The Labute approximate surface area is 84.9 Å². The van der Waals surface area contributed by atoms with Crippen LogP contribution in [-0.2, 0) is 4.74 Å². The largest absolute Gasteiger partial charge is 0.386 e. The van der Waals surface area contributed by atoms with Crippen LogP contribution in [0.5, 0.6) is 0 Å². The molecular weight excluding hydrogens is 194 g/mol. The van der Waals surface area contributed by atoms with E-state index in [-0.39, 0.29) is 24.6 Å². The molecule has 4 atom stereocenters. The number of likely N-dealkylation sites (N-methyl/N-ethyl adjacent to an activating group) is 1. The first-order valence-corrected chi connectivity index (χ1v) is 4.20. The number of hydrogen-bond acceptors (Lipinski definition) is 4. The summed E-state index contributed by atoms with van der Waals surface area (Å²) in [5.74, 6) is 0. The Hall–Kier alpha value is 0.130. The van der Waals surface area contributed by atoms with Gasteiger partial charge in [-0.15, -0.1) is 12.4 Å². The van der Waals surface area contributed by atoms with E-state index in [4.69, 9.17) is 4.74 Å². The van der Waals surface area contributed by atoms with Crippen LogP contribution >= 0.6 is 12.4 Å². The number of halogens is 1. The molecule has 0 amide bonds. The maximum Gasteiger partial charge on any atom is 0.182 e. The van der Waals surface area contributed by atoms with Crippen LogP contribution in [0.15, 0.2) is 0 Å². The Morgan fingerprint density at radius 2 is 1.85 bits per heavy atom. The van der Waals surface area contributed by atoms with Gasteiger partial charge in [0.05, 0.1) is 6.10 Å². The minimum Gasteiger partial charge on any atom is -0.386 e. The van der Waals surface area contributed by atoms with Crippen molar-refractivity contribution >= 4 is 12.4 Å². The molecule has 1 saturated heterocycles. The topological polar surface area (TPSA) is 52.9 Å². The molecule has 1 heterocycles. The van der Waals surface area contributed by atoms with Crippen molar-refractivity contribution in [1.29, 1.82) is 0 Å². The summed E-state index contributed by atoms with van der Waals surface area (Å²) in [4.78, 5) is 1.91. The first-order chi connectivity index (χ1) is 5.52. The molecule has 0 aromatic heterocycles. The molecule has 0 saturated carbocycles. The first-order valence-electron chi connectivity index (χ1n) is 4.20. The normalized spacial score (nSPS) is 40.2. The van der Waals surface area contributed by atoms with Crippen LogP contribution in [0.3, 0.4) is 0 Å². The number of nitrogens with zero attached hydrogens (tertiary/aromatic N) is 1. The van der Waals surface area contributed by atoms with Gasteiger partial charge in [0.25, 0.3) is 0 Å². The number of aliphatic hydroxyl groups is 2. The molecule has 0 aromatic carbocycles. The van der Waals surface area contributed by atoms with Gasteiger partial charge in [0.2, 0.25) is 0 Å². The third-order valence-electron chi connectivity index (χ3n) is 2.29. The predicted molar refractivity (Wildman–Crippen MR) is 51.9 cm³/mol. The summed E-state index contributed by atoms with van der Waals surface area (Å²) in [6, 6.07) is -0.0104. The molecule has 0 radical (unpaired) electrons. The average molecular weight is 212 g/mol. The van der Waals surface area contributed by atoms with Gasteiger partial charge in [-0.25, -0.2) is 0 Å². The van der Waals surface area contributed by atoms with Gasteiger partial charge < -0.3 is 19.8 Å². The number of hydrogen-bond donors (Lipinski definition) is 2. The zero-order chi connectivity index (χ0) is 9.30. The highest BCUT2D eigenvalue weighted by Gasteiger charge is 2.35. The fourth-order valence-electron chi connectivity index (χ4n) is 1.56. The van der Waals surface area contributed by atoms with Crippen molar-refractivity contribution in [2.75, 3.05) is 14.1 Å². The summed E-state index contributed by atoms with van der Waals surface area (Å²) >= 11 is 0. The highest BCUT2D eigenvalue weighted by atomic mass is 35.5. The molecule has 0 spiro atoms. The second-order valence-corrected chi connectivity index (χ2v) is 3.59. The molecule has 0 bridgehead atoms. The summed E-state index contributed by atoms with van der Waals surface area (Å²) in [5, 5.41) is 18.8. The Balaban J connectivity index is 0.00000144. The lowest BCUT2D eigenvalue weighted by Gasteiger charge is -2.38. The van der Waals surface area contributed by atoms with Crippen molar-refractivity contribution in [3.8, 4) is 0 Å². The molecule has 0 aliphatic carbocycles. The predicted octanol–water partition coefficient (Wildman–Crippen LogP) is -0.174. The van der Waals surface area contributed by atoms with Crippen LogP contribution in [0, 0.1) is 0 Å². The number of rotatable bonds is 1. The molecule has 5 heteroatoms. The van der Waals surface area contributed by atoms with Crippen LogP contribution in [0.1, 0.15) is 13.3 Å². The van der Waals surface area contributed by atoms with Crippen LogP contribution < -0.4 is 0 Å². The lowest BCUT2D eigenvalue weighted by Crippen LogP contribution is -2.53. The summed E-state index contributed by atoms with van der Waals surface area (Å²) in [6.45, 7) is 1.89. The molecule has 1 aliphatic rings. The summed E-state index contributed by atoms with van der Waals surface area (Å²) in [6.07, 6.45) is -1.07. The second kappa shape index (κ2) is 5.12. The van der Waals surface area contributed by atoms with E-state index in [1.165, 1.54) is 0 Å². The monoisotopic (exact) mass is 211 g/mol. The van der Waals surface area contributed by atoms with Crippen molar-refractivity contribution in [2.24, 2.45) is 0 Å². The zero-order valence-electron chi connectivity index (χ0n) is 8.17. The van der Waals surface area contributed by atoms with E-state index in [9.17, 15) is 10.2 Å². The fraction of sp³-hybridized carbons (Fsp3) is 1.00. The molecule has 4 unspecified atom stereocenters. The molecule has 1 rings (SSSR count). The molecule has 13 heavy (non-hydrogen) atoms. The smallest absolute Gasteiger partial charge is 0.182 e. The average Bonchev–Trinajstić information content (AvgIpc) is 1.96. The first kappa shape index (κ1) is 13.1. The summed E-state index contributed by atoms with van der Waals surface area (Å²) in [5.41, 5.74) is 0. The van der Waals surface area contributed by atoms with Gasteiger partial charge in [-0.05, 0) is 27.4 Å². The van der Waals surface area contributed by atoms with E-state index in [1.807, 2.05) is 25.9 Å². The number of aliphatic hydroxyl groups excluding tert-OH is 2. The summed E-state index contributed by atoms with van der Waals surface area (Å²) in [7, 11) is 3.78. The van der Waals surface area contributed by atoms with Crippen LogP contribution in [0.25, 0.3) is 0 Å². The molecule has 1 fully saturated rings. The maximum atomic E-state index is 9.51. The Morgan fingerprint density at radius 3 is 2.31 bits per heavy atom. The van der Waals surface area contributed by atoms with Crippen molar-refractivity contribution in [1.82, 2.24) is 4.90 Å². The van der Waals surface area contributed by atoms with E-state index in [0.717, 1.165) is 6.42 Å². The third-order valence-corrected chi connectivity index (χ3v) is 2.29. The quantitative estimate of drug-likeness (QED) is 0.632. The maximum absolute atomic E-state index is 9.51. The van der Waals surface area contributed by atoms with Gasteiger partial charge in [-0.1, -0.05) is 0 Å². The van der Waals surface area contributed by atoms with E-state index in [0.29, 0.717) is 0 Å². The van der Waals surface area contributed by atoms with Crippen molar-refractivity contribution in [3.05, 3.63) is 0 Å². The Bertz CT molecular complexity index is 156. The fourth-order valence-corrected chi connectivity index (χ4v) is 1.56. The van der Waals surface area contributed by atoms with Gasteiger partial charge in [-0.2, -0.15) is 0 Å². The molecule has 4 nitrogen and oxygen atoms in total. The van der Waals surface area contributed by atoms with Gasteiger partial charge in [-0.3, -0.25) is 0 Å². The van der Waals surface area contributed by atoms with Gasteiger partial charge in [0.1, 0.15) is 6.10 Å². The van der Waals surface area contributed by atoms with Crippen molar-refractivity contribution in [2.45, 2.75) is 37.9 Å². The second-order valence-electron chi connectivity index (χ2n) is 3.59. The van der Waals surface area contributed by atoms with E-state index in [1.54, 1.807) is 0 Å². The minimum atomic E-state index is -1.04.